The van der Waals surface area contributed by atoms with Crippen LogP contribution in [0, 0.1) is 17.7 Å². The van der Waals surface area contributed by atoms with Gasteiger partial charge in [-0.2, -0.15) is 0 Å². The minimum atomic E-state index is -0.804. The lowest BCUT2D eigenvalue weighted by molar-refractivity contribution is -0.143. The van der Waals surface area contributed by atoms with Gasteiger partial charge in [0.25, 0.3) is 0 Å². The fourth-order valence-corrected chi connectivity index (χ4v) is 3.16. The summed E-state index contributed by atoms with van der Waals surface area (Å²) < 4.78 is 14.5. The summed E-state index contributed by atoms with van der Waals surface area (Å²) in [6.07, 6.45) is 4.37. The van der Waals surface area contributed by atoms with E-state index in [0.29, 0.717) is 5.56 Å². The largest absolute Gasteiger partial charge is 0.481 e. The van der Waals surface area contributed by atoms with E-state index in [0.717, 1.165) is 30.2 Å². The number of carboxylic acid groups (broad SMARTS) is 1. The predicted molar refractivity (Wildman–Crippen MR) is 70.9 cm³/mol. The van der Waals surface area contributed by atoms with Crippen LogP contribution in [0.5, 0.6) is 0 Å². The van der Waals surface area contributed by atoms with Crippen LogP contribution in [0.25, 0.3) is 0 Å². The summed E-state index contributed by atoms with van der Waals surface area (Å²) in [6, 6.07) is 4.69. The molecule has 0 bridgehead atoms. The number of aliphatic carboxylic acids is 1. The Labute approximate surface area is 114 Å². The quantitative estimate of drug-likeness (QED) is 0.911. The predicted octanol–water partition coefficient (Wildman–Crippen LogP) is 4.02. The molecule has 2 nitrogen and oxygen atoms in total. The van der Waals surface area contributed by atoms with Crippen molar-refractivity contribution in [1.82, 2.24) is 0 Å². The summed E-state index contributed by atoms with van der Waals surface area (Å²) in [7, 11) is 0. The van der Waals surface area contributed by atoms with E-state index in [9.17, 15) is 14.3 Å². The molecule has 0 heterocycles. The van der Waals surface area contributed by atoms with Crippen LogP contribution in [0.4, 0.5) is 4.39 Å². The third-order valence-corrected chi connectivity index (χ3v) is 4.23. The molecule has 4 heteroatoms. The number of benzene rings is 1. The first-order valence-electron chi connectivity index (χ1n) is 6.24. The molecule has 98 valence electrons. The minimum absolute atomic E-state index is 0.195. The summed E-state index contributed by atoms with van der Waals surface area (Å²) in [5.74, 6) is -1.39. The third kappa shape index (κ3) is 3.10. The average Bonchev–Trinajstić information content (AvgIpc) is 2.83. The van der Waals surface area contributed by atoms with Crippen LogP contribution in [0.1, 0.15) is 31.2 Å². The first-order chi connectivity index (χ1) is 8.58. The Hall–Kier alpha value is -0.900. The summed E-state index contributed by atoms with van der Waals surface area (Å²) >= 11 is 3.29. The summed E-state index contributed by atoms with van der Waals surface area (Å²) in [4.78, 5) is 11.4. The first kappa shape index (κ1) is 13.5. The van der Waals surface area contributed by atoms with Crippen molar-refractivity contribution >= 4 is 21.9 Å². The Bertz CT molecular complexity index is 441. The molecule has 0 aliphatic heterocycles. The van der Waals surface area contributed by atoms with Gasteiger partial charge in [-0.15, -0.1) is 0 Å². The molecule has 1 fully saturated rings. The van der Waals surface area contributed by atoms with E-state index in [2.05, 4.69) is 15.9 Å². The highest BCUT2D eigenvalue weighted by molar-refractivity contribution is 9.10. The first-order valence-corrected chi connectivity index (χ1v) is 7.04. The molecule has 1 aromatic carbocycles. The summed E-state index contributed by atoms with van der Waals surface area (Å²) in [5, 5.41) is 9.32. The molecule has 1 unspecified atom stereocenters. The lowest BCUT2D eigenvalue weighted by Crippen LogP contribution is -2.24. The fraction of sp³-hybridized carbons (Fsp3) is 0.500. The smallest absolute Gasteiger partial charge is 0.307 e. The highest BCUT2D eigenvalue weighted by Gasteiger charge is 2.31. The van der Waals surface area contributed by atoms with Gasteiger partial charge in [0, 0.05) is 4.47 Å². The molecular formula is C14H16BrFO2. The number of carbonyl (C=O) groups is 1. The lowest BCUT2D eigenvalue weighted by atomic mass is 9.85. The normalized spacial score (nSPS) is 17.9. The summed E-state index contributed by atoms with van der Waals surface area (Å²) in [6.45, 7) is 0. The number of hydrogen-bond acceptors (Lipinski definition) is 1. The van der Waals surface area contributed by atoms with Gasteiger partial charge in [0.1, 0.15) is 5.82 Å². The van der Waals surface area contributed by atoms with Crippen molar-refractivity contribution in [2.45, 2.75) is 32.1 Å². The molecule has 1 saturated carbocycles. The fourth-order valence-electron chi connectivity index (χ4n) is 2.75. The van der Waals surface area contributed by atoms with Crippen LogP contribution in [-0.4, -0.2) is 11.1 Å². The van der Waals surface area contributed by atoms with E-state index < -0.39 is 11.9 Å². The average molecular weight is 315 g/mol. The molecule has 1 N–H and O–H groups in total. The van der Waals surface area contributed by atoms with E-state index in [4.69, 9.17) is 0 Å². The number of hydrogen-bond donors (Lipinski definition) is 1. The van der Waals surface area contributed by atoms with E-state index in [1.807, 2.05) is 0 Å². The van der Waals surface area contributed by atoms with Gasteiger partial charge in [-0.25, -0.2) is 4.39 Å². The van der Waals surface area contributed by atoms with Crippen LogP contribution >= 0.6 is 15.9 Å². The molecule has 0 radical (unpaired) electrons. The van der Waals surface area contributed by atoms with Gasteiger partial charge in [0.15, 0.2) is 0 Å². The molecule has 1 aromatic rings. The Kier molecular flexibility index (Phi) is 4.38. The number of carboxylic acids is 1. The highest BCUT2D eigenvalue weighted by atomic mass is 79.9. The molecular weight excluding hydrogens is 299 g/mol. The standard InChI is InChI=1S/C14H16BrFO2/c15-11-5-6-13(16)10(7-11)8-12(14(17)18)9-3-1-2-4-9/h5-7,9,12H,1-4,8H2,(H,17,18). The Morgan fingerprint density at radius 3 is 2.72 bits per heavy atom. The maximum atomic E-state index is 13.7. The Morgan fingerprint density at radius 1 is 1.44 bits per heavy atom. The third-order valence-electron chi connectivity index (χ3n) is 3.73. The highest BCUT2D eigenvalue weighted by Crippen LogP contribution is 2.34. The van der Waals surface area contributed by atoms with E-state index in [-0.39, 0.29) is 18.2 Å². The molecule has 0 aromatic heterocycles. The van der Waals surface area contributed by atoms with Crippen molar-refractivity contribution in [3.8, 4) is 0 Å². The van der Waals surface area contributed by atoms with Gasteiger partial charge in [-0.3, -0.25) is 4.79 Å². The molecule has 1 aliphatic rings. The maximum Gasteiger partial charge on any atom is 0.307 e. The topological polar surface area (TPSA) is 37.3 Å². The molecule has 0 saturated heterocycles. The number of rotatable bonds is 4. The van der Waals surface area contributed by atoms with Crippen LogP contribution in [-0.2, 0) is 11.2 Å². The van der Waals surface area contributed by atoms with Crippen molar-refractivity contribution in [2.75, 3.05) is 0 Å². The van der Waals surface area contributed by atoms with Crippen LogP contribution < -0.4 is 0 Å². The summed E-state index contributed by atoms with van der Waals surface area (Å²) in [5.41, 5.74) is 0.490. The van der Waals surface area contributed by atoms with Gasteiger partial charge >= 0.3 is 5.97 Å². The van der Waals surface area contributed by atoms with Crippen molar-refractivity contribution < 1.29 is 14.3 Å². The second kappa shape index (κ2) is 5.83. The zero-order valence-electron chi connectivity index (χ0n) is 10.0. The molecule has 2 rings (SSSR count). The van der Waals surface area contributed by atoms with Gasteiger partial charge < -0.3 is 5.11 Å². The zero-order valence-corrected chi connectivity index (χ0v) is 11.6. The lowest BCUT2D eigenvalue weighted by Gasteiger charge is -2.19. The van der Waals surface area contributed by atoms with E-state index in [1.165, 1.54) is 6.07 Å². The maximum absolute atomic E-state index is 13.7. The Morgan fingerprint density at radius 2 is 2.11 bits per heavy atom. The minimum Gasteiger partial charge on any atom is -0.481 e. The SMILES string of the molecule is O=C(O)C(Cc1cc(Br)ccc1F)C1CCCC1. The van der Waals surface area contributed by atoms with Gasteiger partial charge in [-0.05, 0) is 48.9 Å². The van der Waals surface area contributed by atoms with Crippen molar-refractivity contribution in [3.05, 3.63) is 34.1 Å². The molecule has 1 aliphatic carbocycles. The van der Waals surface area contributed by atoms with Gasteiger partial charge in [0.2, 0.25) is 0 Å². The van der Waals surface area contributed by atoms with Gasteiger partial charge in [-0.1, -0.05) is 28.8 Å². The zero-order chi connectivity index (χ0) is 13.1. The Balaban J connectivity index is 2.17. The van der Waals surface area contributed by atoms with Crippen molar-refractivity contribution in [2.24, 2.45) is 11.8 Å². The molecule has 18 heavy (non-hydrogen) atoms. The van der Waals surface area contributed by atoms with Crippen molar-refractivity contribution in [1.29, 1.82) is 0 Å². The van der Waals surface area contributed by atoms with Crippen LogP contribution in [0.3, 0.4) is 0 Å². The second-order valence-electron chi connectivity index (χ2n) is 4.93. The van der Waals surface area contributed by atoms with Crippen LogP contribution in [0.15, 0.2) is 22.7 Å². The second-order valence-corrected chi connectivity index (χ2v) is 5.84. The molecule has 1 atom stereocenters. The molecule has 0 amide bonds. The van der Waals surface area contributed by atoms with Gasteiger partial charge in [0.05, 0.1) is 5.92 Å². The molecule has 0 spiro atoms. The monoisotopic (exact) mass is 314 g/mol. The van der Waals surface area contributed by atoms with E-state index >= 15 is 0 Å². The van der Waals surface area contributed by atoms with Crippen LogP contribution in [0.2, 0.25) is 0 Å². The number of halogens is 2. The van der Waals surface area contributed by atoms with E-state index in [1.54, 1.807) is 12.1 Å². The van der Waals surface area contributed by atoms with Crippen molar-refractivity contribution in [3.63, 3.8) is 0 Å².